The van der Waals surface area contributed by atoms with Gasteiger partial charge in [-0.15, -0.1) is 11.8 Å². The molecule has 1 aromatic heterocycles. The van der Waals surface area contributed by atoms with E-state index < -0.39 is 5.92 Å². The zero-order valence-corrected chi connectivity index (χ0v) is 23.6. The second-order valence-electron chi connectivity index (χ2n) is 10.1. The molecular weight excluding hydrogens is 506 g/mol. The summed E-state index contributed by atoms with van der Waals surface area (Å²) >= 11 is 1.73. The Balaban J connectivity index is 1.55. The van der Waals surface area contributed by atoms with Crippen LogP contribution in [0.3, 0.4) is 0 Å². The first-order chi connectivity index (χ1) is 18.9. The number of carbonyl (C=O) groups is 2. The van der Waals surface area contributed by atoms with Gasteiger partial charge < -0.3 is 15.4 Å². The van der Waals surface area contributed by atoms with E-state index in [-0.39, 0.29) is 11.7 Å². The highest BCUT2D eigenvalue weighted by molar-refractivity contribution is 7.98. The minimum atomic E-state index is -0.480. The van der Waals surface area contributed by atoms with Gasteiger partial charge in [0.2, 0.25) is 0 Å². The second kappa shape index (κ2) is 11.5. The average molecular weight is 540 g/mol. The van der Waals surface area contributed by atoms with Crippen LogP contribution in [0, 0.1) is 13.8 Å². The minimum absolute atomic E-state index is 0.0898. The standard InChI is InChI=1S/C32H33N3O3S/c1-19-10-13-24(14-11-19)39-18-23-17-22(12-15-27(23)38-4)29-28(32(37)35-31-20(2)7-6-16-33-31)21(3)34-25-8-5-9-26(36)30(25)29/h6-7,10-17,29,34H,5,8-9,18H2,1-4H3,(H,33,35,37)/t29-/m1/s1. The summed E-state index contributed by atoms with van der Waals surface area (Å²) in [6, 6.07) is 18.2. The Labute approximate surface area is 234 Å². The van der Waals surface area contributed by atoms with Crippen molar-refractivity contribution in [1.29, 1.82) is 0 Å². The molecule has 0 bridgehead atoms. The third-order valence-electron chi connectivity index (χ3n) is 7.32. The van der Waals surface area contributed by atoms with Gasteiger partial charge in [-0.05, 0) is 69.0 Å². The van der Waals surface area contributed by atoms with E-state index in [0.717, 1.165) is 46.7 Å². The fourth-order valence-corrected chi connectivity index (χ4v) is 6.17. The lowest BCUT2D eigenvalue weighted by molar-refractivity contribution is -0.116. The Bertz CT molecular complexity index is 1490. The molecule has 6 nitrogen and oxygen atoms in total. The molecule has 0 spiro atoms. The van der Waals surface area contributed by atoms with Gasteiger partial charge in [0.05, 0.1) is 7.11 Å². The van der Waals surface area contributed by atoms with Gasteiger partial charge in [0.15, 0.2) is 5.78 Å². The number of benzene rings is 2. The van der Waals surface area contributed by atoms with Crippen molar-refractivity contribution in [1.82, 2.24) is 10.3 Å². The van der Waals surface area contributed by atoms with Crippen molar-refractivity contribution in [3.05, 3.63) is 106 Å². The summed E-state index contributed by atoms with van der Waals surface area (Å²) < 4.78 is 5.71. The number of nitrogens with zero attached hydrogens (tertiary/aromatic N) is 1. The number of ether oxygens (including phenoxy) is 1. The summed E-state index contributed by atoms with van der Waals surface area (Å²) in [7, 11) is 1.67. The molecule has 39 heavy (non-hydrogen) atoms. The van der Waals surface area contributed by atoms with Gasteiger partial charge in [0.25, 0.3) is 5.91 Å². The topological polar surface area (TPSA) is 80.3 Å². The number of pyridine rings is 1. The number of rotatable bonds is 7. The van der Waals surface area contributed by atoms with Crippen molar-refractivity contribution >= 4 is 29.3 Å². The van der Waals surface area contributed by atoms with E-state index in [4.69, 9.17) is 4.74 Å². The minimum Gasteiger partial charge on any atom is -0.496 e. The molecule has 1 aliphatic heterocycles. The Kier molecular flexibility index (Phi) is 7.89. The first-order valence-electron chi connectivity index (χ1n) is 13.2. The van der Waals surface area contributed by atoms with Crippen LogP contribution in [0.1, 0.15) is 54.4 Å². The van der Waals surface area contributed by atoms with Crippen molar-refractivity contribution in [3.8, 4) is 5.75 Å². The van der Waals surface area contributed by atoms with Crippen LogP contribution in [-0.2, 0) is 15.3 Å². The monoisotopic (exact) mass is 539 g/mol. The van der Waals surface area contributed by atoms with Crippen LogP contribution < -0.4 is 15.4 Å². The number of anilines is 1. The molecule has 0 unspecified atom stereocenters. The Morgan fingerprint density at radius 1 is 1.10 bits per heavy atom. The molecule has 200 valence electrons. The molecule has 0 saturated heterocycles. The van der Waals surface area contributed by atoms with Gasteiger partial charge >= 0.3 is 0 Å². The molecule has 3 aromatic rings. The molecule has 2 heterocycles. The third kappa shape index (κ3) is 5.64. The van der Waals surface area contributed by atoms with Crippen LogP contribution in [-0.4, -0.2) is 23.8 Å². The Morgan fingerprint density at radius 3 is 2.64 bits per heavy atom. The number of dihydropyridines is 1. The van der Waals surface area contributed by atoms with E-state index in [9.17, 15) is 9.59 Å². The molecule has 5 rings (SSSR count). The molecule has 1 atom stereocenters. The number of aromatic nitrogens is 1. The van der Waals surface area contributed by atoms with Crippen LogP contribution >= 0.6 is 11.8 Å². The maximum atomic E-state index is 13.8. The lowest BCUT2D eigenvalue weighted by atomic mass is 9.74. The van der Waals surface area contributed by atoms with E-state index in [1.54, 1.807) is 25.1 Å². The lowest BCUT2D eigenvalue weighted by Gasteiger charge is -2.34. The van der Waals surface area contributed by atoms with Crippen molar-refractivity contribution in [3.63, 3.8) is 0 Å². The summed E-state index contributed by atoms with van der Waals surface area (Å²) in [5, 5.41) is 6.39. The number of hydrogen-bond donors (Lipinski definition) is 2. The number of hydrogen-bond acceptors (Lipinski definition) is 6. The van der Waals surface area contributed by atoms with Crippen LogP contribution in [0.15, 0.2) is 88.2 Å². The molecule has 1 aliphatic carbocycles. The van der Waals surface area contributed by atoms with E-state index in [1.807, 2.05) is 38.1 Å². The molecule has 2 N–H and O–H groups in total. The number of allylic oxidation sites excluding steroid dienone is 3. The fraction of sp³-hybridized carbons (Fsp3) is 0.281. The highest BCUT2D eigenvalue weighted by Gasteiger charge is 2.38. The predicted octanol–water partition coefficient (Wildman–Crippen LogP) is 6.61. The largest absolute Gasteiger partial charge is 0.496 e. The van der Waals surface area contributed by atoms with Crippen molar-refractivity contribution in [2.75, 3.05) is 12.4 Å². The number of amides is 1. The lowest BCUT2D eigenvalue weighted by Crippen LogP contribution is -2.35. The molecule has 0 saturated carbocycles. The molecule has 2 aliphatic rings. The summed E-state index contributed by atoms with van der Waals surface area (Å²) in [5.74, 6) is 1.35. The number of nitrogens with one attached hydrogen (secondary N) is 2. The number of methoxy groups -OCH3 is 1. The third-order valence-corrected chi connectivity index (χ3v) is 8.38. The van der Waals surface area contributed by atoms with E-state index in [0.29, 0.717) is 29.1 Å². The van der Waals surface area contributed by atoms with Crippen LogP contribution in [0.2, 0.25) is 0 Å². The van der Waals surface area contributed by atoms with E-state index >= 15 is 0 Å². The van der Waals surface area contributed by atoms with Crippen molar-refractivity contribution in [2.24, 2.45) is 0 Å². The van der Waals surface area contributed by atoms with Gasteiger partial charge in [-0.25, -0.2) is 4.98 Å². The molecule has 0 fully saturated rings. The smallest absolute Gasteiger partial charge is 0.255 e. The molecular formula is C32H33N3O3S. The van der Waals surface area contributed by atoms with Crippen LogP contribution in [0.25, 0.3) is 0 Å². The van der Waals surface area contributed by atoms with Gasteiger partial charge in [0.1, 0.15) is 11.6 Å². The highest BCUT2D eigenvalue weighted by atomic mass is 32.2. The first-order valence-corrected chi connectivity index (χ1v) is 14.2. The zero-order chi connectivity index (χ0) is 27.5. The average Bonchev–Trinajstić information content (AvgIpc) is 2.93. The molecule has 2 aromatic carbocycles. The van der Waals surface area contributed by atoms with Gasteiger partial charge in [-0.1, -0.05) is 35.9 Å². The molecule has 1 amide bonds. The fourth-order valence-electron chi connectivity index (χ4n) is 5.30. The number of aryl methyl sites for hydroxylation is 2. The van der Waals surface area contributed by atoms with Crippen molar-refractivity contribution < 1.29 is 14.3 Å². The van der Waals surface area contributed by atoms with Gasteiger partial charge in [-0.2, -0.15) is 0 Å². The predicted molar refractivity (Wildman–Crippen MR) is 156 cm³/mol. The van der Waals surface area contributed by atoms with Gasteiger partial charge in [-0.3, -0.25) is 9.59 Å². The summed E-state index contributed by atoms with van der Waals surface area (Å²) in [6.07, 6.45) is 3.74. The number of thioether (sulfide) groups is 1. The summed E-state index contributed by atoms with van der Waals surface area (Å²) in [6.45, 7) is 5.90. The Morgan fingerprint density at radius 2 is 1.90 bits per heavy atom. The summed E-state index contributed by atoms with van der Waals surface area (Å²) in [5.41, 5.74) is 6.92. The van der Waals surface area contributed by atoms with E-state index in [2.05, 4.69) is 52.9 Å². The van der Waals surface area contributed by atoms with E-state index in [1.165, 1.54) is 10.5 Å². The van der Waals surface area contributed by atoms with Crippen LogP contribution in [0.5, 0.6) is 5.75 Å². The SMILES string of the molecule is COc1ccc([C@@H]2C(C(=O)Nc3ncccc3C)=C(C)NC3=C2C(=O)CCC3)cc1CSc1ccc(C)cc1. The first kappa shape index (κ1) is 26.8. The zero-order valence-electron chi connectivity index (χ0n) is 22.8. The Hall–Kier alpha value is -3.84. The van der Waals surface area contributed by atoms with Crippen LogP contribution in [0.4, 0.5) is 5.82 Å². The maximum absolute atomic E-state index is 13.8. The normalized spacial score (nSPS) is 17.0. The summed E-state index contributed by atoms with van der Waals surface area (Å²) in [4.78, 5) is 32.7. The second-order valence-corrected chi connectivity index (χ2v) is 11.1. The molecule has 0 radical (unpaired) electrons. The number of ketones is 1. The maximum Gasteiger partial charge on any atom is 0.255 e. The number of carbonyl (C=O) groups excluding carboxylic acids is 2. The highest BCUT2D eigenvalue weighted by Crippen LogP contribution is 2.44. The quantitative estimate of drug-likeness (QED) is 0.329. The van der Waals surface area contributed by atoms with Gasteiger partial charge in [0, 0.05) is 57.3 Å². The molecule has 7 heteroatoms. The number of Topliss-reactive ketones (excluding diaryl/α,β-unsaturated/α-hetero) is 1. The van der Waals surface area contributed by atoms with Crippen molar-refractivity contribution in [2.45, 2.75) is 56.6 Å².